The third-order valence-corrected chi connectivity index (χ3v) is 1.31. The highest BCUT2D eigenvalue weighted by atomic mass is 16.5. The second-order valence-corrected chi connectivity index (χ2v) is 2.55. The van der Waals surface area contributed by atoms with E-state index in [-0.39, 0.29) is 13.2 Å². The molecule has 0 rings (SSSR count). The molecule has 0 saturated heterocycles. The number of likely N-dealkylation sites (N-methyl/N-ethyl adjacent to an activating group) is 1. The molecule has 0 saturated carbocycles. The summed E-state index contributed by atoms with van der Waals surface area (Å²) in [4.78, 5) is 12.6. The Balaban J connectivity index is 3.65. The first-order valence-corrected chi connectivity index (χ1v) is 3.73. The summed E-state index contributed by atoms with van der Waals surface area (Å²) in [6.45, 7) is 3.79. The third-order valence-electron chi connectivity index (χ3n) is 1.31. The summed E-state index contributed by atoms with van der Waals surface area (Å²) in [6.07, 6.45) is 0.465. The number of nitrogens with zero attached hydrogens (tertiary/aromatic N) is 1. The molecule has 4 heteroatoms. The maximum absolute atomic E-state index is 11.0. The first-order chi connectivity index (χ1) is 5.59. The number of aliphatic hydroxyl groups excluding tert-OH is 1. The van der Waals surface area contributed by atoms with Gasteiger partial charge in [0.05, 0.1) is 6.61 Å². The largest absolute Gasteiger partial charge is 0.461 e. The van der Waals surface area contributed by atoms with E-state index in [1.165, 1.54) is 0 Å². The summed E-state index contributed by atoms with van der Waals surface area (Å²) in [5.41, 5.74) is 0.313. The molecule has 4 nitrogen and oxygen atoms in total. The van der Waals surface area contributed by atoms with E-state index >= 15 is 0 Å². The highest BCUT2D eigenvalue weighted by Gasteiger charge is 2.08. The number of ether oxygens (including phenoxy) is 1. The van der Waals surface area contributed by atoms with E-state index in [1.54, 1.807) is 19.0 Å². The Morgan fingerprint density at radius 1 is 1.58 bits per heavy atom. The SMILES string of the molecule is C=C(C(=O)OCCCO)N(C)C. The van der Waals surface area contributed by atoms with Crippen LogP contribution in [0, 0.1) is 0 Å². The van der Waals surface area contributed by atoms with Crippen molar-refractivity contribution in [2.45, 2.75) is 6.42 Å². The maximum Gasteiger partial charge on any atom is 0.353 e. The molecule has 0 aliphatic heterocycles. The molecular formula is C8H15NO3. The van der Waals surface area contributed by atoms with E-state index in [2.05, 4.69) is 6.58 Å². The number of aliphatic hydroxyl groups is 1. The van der Waals surface area contributed by atoms with Crippen LogP contribution in [-0.2, 0) is 9.53 Å². The first kappa shape index (κ1) is 11.0. The van der Waals surface area contributed by atoms with Crippen LogP contribution in [0.2, 0.25) is 0 Å². The van der Waals surface area contributed by atoms with Crippen LogP contribution in [0.4, 0.5) is 0 Å². The lowest BCUT2D eigenvalue weighted by molar-refractivity contribution is -0.140. The van der Waals surface area contributed by atoms with Crippen LogP contribution in [0.15, 0.2) is 12.3 Å². The fourth-order valence-corrected chi connectivity index (χ4v) is 0.495. The standard InChI is InChI=1S/C8H15NO3/c1-7(9(2)3)8(11)12-6-4-5-10/h10H,1,4-6H2,2-3H3. The van der Waals surface area contributed by atoms with Crippen LogP contribution >= 0.6 is 0 Å². The van der Waals surface area contributed by atoms with Crippen molar-refractivity contribution in [3.8, 4) is 0 Å². The van der Waals surface area contributed by atoms with E-state index in [0.29, 0.717) is 12.1 Å². The van der Waals surface area contributed by atoms with Crippen molar-refractivity contribution >= 4 is 5.97 Å². The van der Waals surface area contributed by atoms with E-state index in [1.807, 2.05) is 0 Å². The van der Waals surface area contributed by atoms with Crippen LogP contribution < -0.4 is 0 Å². The van der Waals surface area contributed by atoms with Crippen molar-refractivity contribution in [3.05, 3.63) is 12.3 Å². The Morgan fingerprint density at radius 2 is 2.17 bits per heavy atom. The molecule has 0 unspecified atom stereocenters. The molecule has 1 N–H and O–H groups in total. The summed E-state index contributed by atoms with van der Waals surface area (Å²) in [7, 11) is 3.44. The highest BCUT2D eigenvalue weighted by Crippen LogP contribution is 1.97. The van der Waals surface area contributed by atoms with Gasteiger partial charge >= 0.3 is 5.97 Å². The average molecular weight is 173 g/mol. The van der Waals surface area contributed by atoms with Crippen molar-refractivity contribution in [3.63, 3.8) is 0 Å². The van der Waals surface area contributed by atoms with Crippen LogP contribution in [0.25, 0.3) is 0 Å². The molecule has 0 aromatic rings. The van der Waals surface area contributed by atoms with Gasteiger partial charge in [0.25, 0.3) is 0 Å². The van der Waals surface area contributed by atoms with Gasteiger partial charge in [-0.05, 0) is 0 Å². The van der Waals surface area contributed by atoms with Gasteiger partial charge in [0.2, 0.25) is 0 Å². The van der Waals surface area contributed by atoms with Crippen molar-refractivity contribution in [1.29, 1.82) is 0 Å². The molecule has 0 spiro atoms. The van der Waals surface area contributed by atoms with E-state index in [0.717, 1.165) is 0 Å². The molecule has 0 atom stereocenters. The lowest BCUT2D eigenvalue weighted by Gasteiger charge is -2.13. The van der Waals surface area contributed by atoms with Gasteiger partial charge in [0.1, 0.15) is 5.70 Å². The van der Waals surface area contributed by atoms with Crippen LogP contribution in [0.5, 0.6) is 0 Å². The van der Waals surface area contributed by atoms with Crippen LogP contribution in [-0.4, -0.2) is 43.3 Å². The molecule has 0 heterocycles. The molecule has 0 aromatic heterocycles. The number of carbonyl (C=O) groups excluding carboxylic acids is 1. The molecule has 0 amide bonds. The Hall–Kier alpha value is -1.03. The van der Waals surface area contributed by atoms with E-state index in [9.17, 15) is 4.79 Å². The molecule has 70 valence electrons. The molecule has 0 fully saturated rings. The van der Waals surface area contributed by atoms with Crippen molar-refractivity contribution in [2.24, 2.45) is 0 Å². The predicted molar refractivity (Wildman–Crippen MR) is 45.5 cm³/mol. The number of hydrogen-bond acceptors (Lipinski definition) is 4. The number of rotatable bonds is 5. The highest BCUT2D eigenvalue weighted by molar-refractivity contribution is 5.86. The molecule has 0 aliphatic rings. The second-order valence-electron chi connectivity index (χ2n) is 2.55. The Kier molecular flexibility index (Phi) is 5.12. The zero-order valence-corrected chi connectivity index (χ0v) is 7.54. The van der Waals surface area contributed by atoms with Gasteiger partial charge in [-0.1, -0.05) is 6.58 Å². The molecule has 12 heavy (non-hydrogen) atoms. The zero-order valence-electron chi connectivity index (χ0n) is 7.54. The molecule has 0 bridgehead atoms. The van der Waals surface area contributed by atoms with Crippen LogP contribution in [0.3, 0.4) is 0 Å². The fourth-order valence-electron chi connectivity index (χ4n) is 0.495. The summed E-state index contributed by atoms with van der Waals surface area (Å²) in [6, 6.07) is 0. The smallest absolute Gasteiger partial charge is 0.353 e. The number of esters is 1. The van der Waals surface area contributed by atoms with Gasteiger partial charge in [0, 0.05) is 27.1 Å². The van der Waals surface area contributed by atoms with Gasteiger partial charge in [-0.15, -0.1) is 0 Å². The van der Waals surface area contributed by atoms with Gasteiger partial charge in [0.15, 0.2) is 0 Å². The van der Waals surface area contributed by atoms with Crippen molar-refractivity contribution in [2.75, 3.05) is 27.3 Å². The van der Waals surface area contributed by atoms with Gasteiger partial charge < -0.3 is 14.7 Å². The average Bonchev–Trinajstić information content (AvgIpc) is 2.03. The van der Waals surface area contributed by atoms with Crippen LogP contribution in [0.1, 0.15) is 6.42 Å². The summed E-state index contributed by atoms with van der Waals surface area (Å²) >= 11 is 0. The Morgan fingerprint density at radius 3 is 2.58 bits per heavy atom. The summed E-state index contributed by atoms with van der Waals surface area (Å²) < 4.78 is 4.77. The van der Waals surface area contributed by atoms with E-state index < -0.39 is 5.97 Å². The molecule has 0 radical (unpaired) electrons. The van der Waals surface area contributed by atoms with Crippen molar-refractivity contribution < 1.29 is 14.6 Å². The molecule has 0 aromatic carbocycles. The minimum absolute atomic E-state index is 0.0295. The number of carbonyl (C=O) groups is 1. The van der Waals surface area contributed by atoms with Gasteiger partial charge in [-0.3, -0.25) is 0 Å². The Labute approximate surface area is 72.4 Å². The molecular weight excluding hydrogens is 158 g/mol. The minimum atomic E-state index is -0.437. The third kappa shape index (κ3) is 3.98. The fraction of sp³-hybridized carbons (Fsp3) is 0.625. The first-order valence-electron chi connectivity index (χ1n) is 3.73. The second kappa shape index (κ2) is 5.60. The number of hydrogen-bond donors (Lipinski definition) is 1. The van der Waals surface area contributed by atoms with E-state index in [4.69, 9.17) is 9.84 Å². The quantitative estimate of drug-likeness (QED) is 0.361. The molecule has 0 aliphatic carbocycles. The minimum Gasteiger partial charge on any atom is -0.461 e. The topological polar surface area (TPSA) is 49.8 Å². The van der Waals surface area contributed by atoms with Crippen molar-refractivity contribution in [1.82, 2.24) is 4.90 Å². The predicted octanol–water partition coefficient (Wildman–Crippen LogP) is -0.0127. The summed E-state index contributed by atoms with van der Waals surface area (Å²) in [5, 5.41) is 8.40. The monoisotopic (exact) mass is 173 g/mol. The lowest BCUT2D eigenvalue weighted by atomic mass is 10.4. The normalized spacial score (nSPS) is 9.25. The zero-order chi connectivity index (χ0) is 9.56. The van der Waals surface area contributed by atoms with Gasteiger partial charge in [-0.2, -0.15) is 0 Å². The van der Waals surface area contributed by atoms with Gasteiger partial charge in [-0.25, -0.2) is 4.79 Å². The lowest BCUT2D eigenvalue weighted by Crippen LogP contribution is -2.20. The summed E-state index contributed by atoms with van der Waals surface area (Å²) in [5.74, 6) is -0.437. The Bertz CT molecular complexity index is 166. The maximum atomic E-state index is 11.0.